The molecule has 1 heterocycles. The molecular formula is C14H14ClFN2. The van der Waals surface area contributed by atoms with E-state index in [1.54, 1.807) is 6.07 Å². The molecule has 1 aliphatic carbocycles. The molecule has 0 saturated carbocycles. The third-order valence-corrected chi connectivity index (χ3v) is 3.87. The Kier molecular flexibility index (Phi) is 2.86. The van der Waals surface area contributed by atoms with E-state index in [9.17, 15) is 4.39 Å². The van der Waals surface area contributed by atoms with Crippen LogP contribution in [-0.4, -0.2) is 12.0 Å². The highest BCUT2D eigenvalue weighted by Crippen LogP contribution is 2.35. The van der Waals surface area contributed by atoms with Crippen molar-refractivity contribution >= 4 is 28.2 Å². The normalized spacial score (nSPS) is 14.6. The summed E-state index contributed by atoms with van der Waals surface area (Å²) in [7, 11) is 1.87. The molecular weight excluding hydrogens is 251 g/mol. The largest absolute Gasteiger partial charge is 0.387 e. The molecule has 0 bridgehead atoms. The fourth-order valence-corrected chi connectivity index (χ4v) is 2.87. The minimum atomic E-state index is -0.418. The van der Waals surface area contributed by atoms with Crippen LogP contribution in [0.1, 0.15) is 24.1 Å². The minimum Gasteiger partial charge on any atom is -0.387 e. The van der Waals surface area contributed by atoms with Crippen LogP contribution in [0.15, 0.2) is 12.1 Å². The van der Waals surface area contributed by atoms with Crippen LogP contribution in [0.25, 0.3) is 10.9 Å². The first kappa shape index (κ1) is 11.7. The minimum absolute atomic E-state index is 0.132. The van der Waals surface area contributed by atoms with Crippen LogP contribution in [0, 0.1) is 5.82 Å². The predicted molar refractivity (Wildman–Crippen MR) is 72.9 cm³/mol. The molecule has 18 heavy (non-hydrogen) atoms. The van der Waals surface area contributed by atoms with E-state index in [0.29, 0.717) is 5.52 Å². The molecule has 0 unspecified atom stereocenters. The summed E-state index contributed by atoms with van der Waals surface area (Å²) in [5.41, 5.74) is 3.63. The third kappa shape index (κ3) is 1.65. The molecule has 0 saturated heterocycles. The van der Waals surface area contributed by atoms with Crippen molar-refractivity contribution in [1.82, 2.24) is 4.98 Å². The monoisotopic (exact) mass is 264 g/mol. The molecule has 0 amide bonds. The zero-order valence-corrected chi connectivity index (χ0v) is 10.9. The van der Waals surface area contributed by atoms with E-state index < -0.39 is 5.82 Å². The summed E-state index contributed by atoms with van der Waals surface area (Å²) in [6, 6.07) is 3.44. The highest BCUT2D eigenvalue weighted by Gasteiger charge is 2.19. The molecule has 94 valence electrons. The van der Waals surface area contributed by atoms with Crippen LogP contribution in [0.5, 0.6) is 0 Å². The zero-order chi connectivity index (χ0) is 12.7. The highest BCUT2D eigenvalue weighted by molar-refractivity contribution is 6.31. The van der Waals surface area contributed by atoms with E-state index >= 15 is 0 Å². The van der Waals surface area contributed by atoms with Crippen LogP contribution in [-0.2, 0) is 12.8 Å². The number of halogens is 2. The van der Waals surface area contributed by atoms with Gasteiger partial charge in [0.25, 0.3) is 0 Å². The van der Waals surface area contributed by atoms with Gasteiger partial charge < -0.3 is 5.32 Å². The first-order valence-electron chi connectivity index (χ1n) is 6.19. The van der Waals surface area contributed by atoms with E-state index in [2.05, 4.69) is 10.3 Å². The number of hydrogen-bond acceptors (Lipinski definition) is 2. The molecule has 3 rings (SSSR count). The van der Waals surface area contributed by atoms with Gasteiger partial charge in [-0.15, -0.1) is 0 Å². The maximum Gasteiger partial charge on any atom is 0.168 e. The standard InChI is InChI=1S/C14H14ClFN2/c1-17-13-8-4-2-3-5-11(8)18-14-9(13)6-7-10(15)12(14)16/h6-7H,2-5H2,1H3,(H,17,18). The van der Waals surface area contributed by atoms with Gasteiger partial charge in [0.05, 0.1) is 5.02 Å². The SMILES string of the molecule is CNc1c2c(nc3c(F)c(Cl)ccc13)CCCC2. The van der Waals surface area contributed by atoms with Gasteiger partial charge in [0, 0.05) is 23.8 Å². The van der Waals surface area contributed by atoms with Crippen molar-refractivity contribution in [3.63, 3.8) is 0 Å². The van der Waals surface area contributed by atoms with Crippen LogP contribution in [0.2, 0.25) is 5.02 Å². The summed E-state index contributed by atoms with van der Waals surface area (Å²) in [5.74, 6) is -0.418. The number of nitrogens with zero attached hydrogens (tertiary/aromatic N) is 1. The Labute approximate surface area is 110 Å². The number of benzene rings is 1. The number of fused-ring (bicyclic) bond motifs is 2. The molecule has 2 nitrogen and oxygen atoms in total. The third-order valence-electron chi connectivity index (χ3n) is 3.58. The van der Waals surface area contributed by atoms with Gasteiger partial charge in [-0.05, 0) is 43.4 Å². The Bertz CT molecular complexity index is 625. The molecule has 0 spiro atoms. The summed E-state index contributed by atoms with van der Waals surface area (Å²) in [4.78, 5) is 4.49. The van der Waals surface area contributed by atoms with Crippen molar-refractivity contribution in [2.45, 2.75) is 25.7 Å². The zero-order valence-electron chi connectivity index (χ0n) is 10.2. The smallest absolute Gasteiger partial charge is 0.168 e. The number of hydrogen-bond donors (Lipinski definition) is 1. The fraction of sp³-hybridized carbons (Fsp3) is 0.357. The number of pyridine rings is 1. The summed E-state index contributed by atoms with van der Waals surface area (Å²) < 4.78 is 14.1. The van der Waals surface area contributed by atoms with E-state index in [1.165, 1.54) is 12.0 Å². The first-order chi connectivity index (χ1) is 8.72. The first-order valence-corrected chi connectivity index (χ1v) is 6.57. The van der Waals surface area contributed by atoms with Gasteiger partial charge >= 0.3 is 0 Å². The van der Waals surface area contributed by atoms with Crippen molar-refractivity contribution in [3.8, 4) is 0 Å². The van der Waals surface area contributed by atoms with Crippen molar-refractivity contribution in [2.24, 2.45) is 0 Å². The van der Waals surface area contributed by atoms with Crippen molar-refractivity contribution < 1.29 is 4.39 Å². The average molecular weight is 265 g/mol. The Morgan fingerprint density at radius 1 is 1.28 bits per heavy atom. The molecule has 1 aliphatic rings. The van der Waals surface area contributed by atoms with Crippen molar-refractivity contribution in [3.05, 3.63) is 34.2 Å². The summed E-state index contributed by atoms with van der Waals surface area (Å²) in [6.45, 7) is 0. The maximum atomic E-state index is 14.1. The molecule has 1 N–H and O–H groups in total. The molecule has 4 heteroatoms. The van der Waals surface area contributed by atoms with Gasteiger partial charge in [0.1, 0.15) is 5.52 Å². The van der Waals surface area contributed by atoms with Gasteiger partial charge in [-0.2, -0.15) is 0 Å². The van der Waals surface area contributed by atoms with E-state index in [1.807, 2.05) is 13.1 Å². The van der Waals surface area contributed by atoms with E-state index in [0.717, 1.165) is 36.0 Å². The lowest BCUT2D eigenvalue weighted by atomic mass is 9.92. The predicted octanol–water partition coefficient (Wildman–Crippen LogP) is 3.95. The van der Waals surface area contributed by atoms with Crippen LogP contribution in [0.4, 0.5) is 10.1 Å². The lowest BCUT2D eigenvalue weighted by Crippen LogP contribution is -2.10. The molecule has 0 radical (unpaired) electrons. The van der Waals surface area contributed by atoms with Crippen LogP contribution < -0.4 is 5.32 Å². The lowest BCUT2D eigenvalue weighted by molar-refractivity contribution is 0.632. The maximum absolute atomic E-state index is 14.1. The molecule has 0 aliphatic heterocycles. The average Bonchev–Trinajstić information content (AvgIpc) is 2.41. The number of aromatic nitrogens is 1. The van der Waals surface area contributed by atoms with Gasteiger partial charge in [0.15, 0.2) is 5.82 Å². The van der Waals surface area contributed by atoms with E-state index in [-0.39, 0.29) is 5.02 Å². The van der Waals surface area contributed by atoms with Crippen LogP contribution >= 0.6 is 11.6 Å². The van der Waals surface area contributed by atoms with Gasteiger partial charge in [-0.1, -0.05) is 11.6 Å². The van der Waals surface area contributed by atoms with Gasteiger partial charge in [-0.3, -0.25) is 0 Å². The molecule has 0 fully saturated rings. The van der Waals surface area contributed by atoms with Crippen molar-refractivity contribution in [2.75, 3.05) is 12.4 Å². The molecule has 1 aromatic heterocycles. The fourth-order valence-electron chi connectivity index (χ4n) is 2.72. The summed E-state index contributed by atoms with van der Waals surface area (Å²) >= 11 is 5.83. The molecule has 2 aromatic rings. The second-order valence-electron chi connectivity index (χ2n) is 4.63. The summed E-state index contributed by atoms with van der Waals surface area (Å²) in [6.07, 6.45) is 4.23. The van der Waals surface area contributed by atoms with Gasteiger partial charge in [0.2, 0.25) is 0 Å². The Morgan fingerprint density at radius 3 is 2.83 bits per heavy atom. The number of rotatable bonds is 1. The Hall–Kier alpha value is -1.35. The number of aryl methyl sites for hydroxylation is 1. The number of anilines is 1. The Morgan fingerprint density at radius 2 is 2.06 bits per heavy atom. The van der Waals surface area contributed by atoms with E-state index in [4.69, 9.17) is 11.6 Å². The lowest BCUT2D eigenvalue weighted by Gasteiger charge is -2.20. The quantitative estimate of drug-likeness (QED) is 0.844. The van der Waals surface area contributed by atoms with Crippen molar-refractivity contribution in [1.29, 1.82) is 0 Å². The topological polar surface area (TPSA) is 24.9 Å². The molecule has 0 atom stereocenters. The Balaban J connectivity index is 2.40. The number of nitrogens with one attached hydrogen (secondary N) is 1. The highest BCUT2D eigenvalue weighted by atomic mass is 35.5. The van der Waals surface area contributed by atoms with Gasteiger partial charge in [-0.25, -0.2) is 9.37 Å². The van der Waals surface area contributed by atoms with Crippen LogP contribution in [0.3, 0.4) is 0 Å². The second kappa shape index (κ2) is 4.39. The summed E-state index contributed by atoms with van der Waals surface area (Å²) in [5, 5.41) is 4.15. The molecule has 1 aromatic carbocycles. The second-order valence-corrected chi connectivity index (χ2v) is 5.03.